The van der Waals surface area contributed by atoms with Gasteiger partial charge < -0.3 is 9.47 Å². The van der Waals surface area contributed by atoms with Crippen molar-refractivity contribution >= 4 is 38.8 Å². The van der Waals surface area contributed by atoms with Gasteiger partial charge in [-0.2, -0.15) is 12.7 Å². The first kappa shape index (κ1) is 18.7. The summed E-state index contributed by atoms with van der Waals surface area (Å²) in [7, 11) is 1.71. The van der Waals surface area contributed by atoms with Crippen molar-refractivity contribution in [2.45, 2.75) is 0 Å². The van der Waals surface area contributed by atoms with Crippen LogP contribution in [0.4, 0.5) is 0 Å². The van der Waals surface area contributed by atoms with Gasteiger partial charge in [-0.25, -0.2) is 8.77 Å². The van der Waals surface area contributed by atoms with Gasteiger partial charge in [-0.3, -0.25) is 0 Å². The van der Waals surface area contributed by atoms with Crippen molar-refractivity contribution in [1.29, 1.82) is 0 Å². The second-order valence-corrected chi connectivity index (χ2v) is 8.11. The van der Waals surface area contributed by atoms with E-state index in [0.29, 0.717) is 14.9 Å². The Bertz CT molecular complexity index is 857. The average Bonchev–Trinajstić information content (AvgIpc) is 2.92. The van der Waals surface area contributed by atoms with Crippen LogP contribution in [0.15, 0.2) is 30.5 Å². The number of esters is 1. The minimum absolute atomic E-state index is 0.0300. The molecule has 0 fully saturated rings. The molecule has 0 atom stereocenters. The molecule has 0 amide bonds. The molecular weight excluding hydrogens is 447 g/mol. The van der Waals surface area contributed by atoms with E-state index in [2.05, 4.69) is 0 Å². The molecule has 1 aromatic carbocycles. The molecule has 2 aromatic rings. The second-order valence-electron chi connectivity index (χ2n) is 5.01. The first-order valence-corrected chi connectivity index (χ1v) is 9.28. The zero-order valence-electron chi connectivity index (χ0n) is 13.6. The lowest BCUT2D eigenvalue weighted by Crippen LogP contribution is -2.31. The molecule has 0 N–H and O–H groups in total. The van der Waals surface area contributed by atoms with Crippen molar-refractivity contribution in [1.82, 2.24) is 8.28 Å². The largest absolute Gasteiger partial charge is 0.497 e. The summed E-state index contributed by atoms with van der Waals surface area (Å²) < 4.78 is 37.4. The minimum atomic E-state index is -3.87. The Balaban J connectivity index is 2.71. The van der Waals surface area contributed by atoms with Crippen LogP contribution >= 0.6 is 22.6 Å². The molecule has 0 aliphatic carbocycles. The van der Waals surface area contributed by atoms with E-state index in [1.54, 1.807) is 31.4 Å². The summed E-state index contributed by atoms with van der Waals surface area (Å²) >= 11 is 1.95. The number of benzene rings is 1. The maximum absolute atomic E-state index is 12.5. The number of halogens is 1. The maximum Gasteiger partial charge on any atom is 0.356 e. The van der Waals surface area contributed by atoms with Crippen molar-refractivity contribution in [3.8, 4) is 16.9 Å². The topological polar surface area (TPSA) is 77.8 Å². The molecule has 0 spiro atoms. The van der Waals surface area contributed by atoms with Crippen LogP contribution in [-0.2, 0) is 14.9 Å². The average molecular weight is 464 g/mol. The number of carbonyl (C=O) groups is 1. The summed E-state index contributed by atoms with van der Waals surface area (Å²) in [6.07, 6.45) is 1.42. The number of hydrogen-bond donors (Lipinski definition) is 0. The lowest BCUT2D eigenvalue weighted by molar-refractivity contribution is 0.0591. The van der Waals surface area contributed by atoms with Crippen molar-refractivity contribution in [3.63, 3.8) is 0 Å². The summed E-state index contributed by atoms with van der Waals surface area (Å²) in [6, 6.07) is 7.12. The van der Waals surface area contributed by atoms with E-state index in [0.717, 1.165) is 13.8 Å². The van der Waals surface area contributed by atoms with E-state index >= 15 is 0 Å². The number of ether oxygens (including phenoxy) is 2. The summed E-state index contributed by atoms with van der Waals surface area (Å²) in [6.45, 7) is 0. The lowest BCUT2D eigenvalue weighted by atomic mass is 10.1. The van der Waals surface area contributed by atoms with Crippen LogP contribution in [0.3, 0.4) is 0 Å². The van der Waals surface area contributed by atoms with Crippen LogP contribution in [0, 0.1) is 3.57 Å². The van der Waals surface area contributed by atoms with Crippen molar-refractivity contribution < 1.29 is 22.7 Å². The highest BCUT2D eigenvalue weighted by Gasteiger charge is 2.29. The quantitative estimate of drug-likeness (QED) is 0.501. The fourth-order valence-electron chi connectivity index (χ4n) is 2.07. The normalized spacial score (nSPS) is 11.6. The van der Waals surface area contributed by atoms with Gasteiger partial charge in [0.05, 0.1) is 17.8 Å². The molecule has 1 heterocycles. The molecule has 9 heteroatoms. The van der Waals surface area contributed by atoms with Crippen LogP contribution in [0.1, 0.15) is 10.5 Å². The minimum Gasteiger partial charge on any atom is -0.497 e. The molecular formula is C15H17IN2O5S. The summed E-state index contributed by atoms with van der Waals surface area (Å²) in [5, 5.41) is 0. The highest BCUT2D eigenvalue weighted by molar-refractivity contribution is 14.1. The van der Waals surface area contributed by atoms with E-state index in [1.165, 1.54) is 27.4 Å². The molecule has 24 heavy (non-hydrogen) atoms. The van der Waals surface area contributed by atoms with Gasteiger partial charge in [0.2, 0.25) is 0 Å². The van der Waals surface area contributed by atoms with E-state index in [4.69, 9.17) is 9.47 Å². The lowest BCUT2D eigenvalue weighted by Gasteiger charge is -2.14. The van der Waals surface area contributed by atoms with Crippen LogP contribution < -0.4 is 4.74 Å². The summed E-state index contributed by atoms with van der Waals surface area (Å²) in [5.74, 6) is -0.0353. The van der Waals surface area contributed by atoms with Crippen LogP contribution in [0.2, 0.25) is 0 Å². The number of rotatable bonds is 5. The van der Waals surface area contributed by atoms with E-state index < -0.39 is 16.2 Å². The zero-order chi connectivity index (χ0) is 18.1. The molecule has 0 saturated heterocycles. The van der Waals surface area contributed by atoms with Gasteiger partial charge in [0, 0.05) is 25.9 Å². The SMILES string of the molecule is COC(=O)c1c(I)c(-c2ccc(OC)cc2)cn1S(=O)(=O)N(C)C. The molecule has 7 nitrogen and oxygen atoms in total. The highest BCUT2D eigenvalue weighted by Crippen LogP contribution is 2.32. The number of methoxy groups -OCH3 is 2. The van der Waals surface area contributed by atoms with E-state index in [-0.39, 0.29) is 5.69 Å². The summed E-state index contributed by atoms with van der Waals surface area (Å²) in [5.41, 5.74) is 1.35. The van der Waals surface area contributed by atoms with E-state index in [1.807, 2.05) is 22.6 Å². The smallest absolute Gasteiger partial charge is 0.356 e. The standard InChI is InChI=1S/C15H17IN2O5S/c1-17(2)24(20,21)18-9-12(13(16)14(18)15(19)23-4)10-5-7-11(22-3)8-6-10/h5-9H,1-4H3. The number of hydrogen-bond acceptors (Lipinski definition) is 5. The maximum atomic E-state index is 12.5. The van der Waals surface area contributed by atoms with Gasteiger partial charge in [-0.1, -0.05) is 12.1 Å². The van der Waals surface area contributed by atoms with Gasteiger partial charge in [-0.15, -0.1) is 0 Å². The first-order chi connectivity index (χ1) is 11.2. The Hall–Kier alpha value is -1.59. The van der Waals surface area contributed by atoms with Crippen molar-refractivity contribution in [3.05, 3.63) is 39.7 Å². The molecule has 0 aliphatic heterocycles. The van der Waals surface area contributed by atoms with Crippen LogP contribution in [-0.4, -0.2) is 51.0 Å². The highest BCUT2D eigenvalue weighted by atomic mass is 127. The summed E-state index contributed by atoms with van der Waals surface area (Å²) in [4.78, 5) is 12.1. The first-order valence-electron chi connectivity index (χ1n) is 6.80. The van der Waals surface area contributed by atoms with Crippen LogP contribution in [0.5, 0.6) is 5.75 Å². The third kappa shape index (κ3) is 3.28. The Morgan fingerprint density at radius 3 is 2.21 bits per heavy atom. The molecule has 0 unspecified atom stereocenters. The van der Waals surface area contributed by atoms with Gasteiger partial charge in [0.15, 0.2) is 5.69 Å². The monoisotopic (exact) mass is 464 g/mol. The van der Waals surface area contributed by atoms with Crippen molar-refractivity contribution in [2.24, 2.45) is 0 Å². The fraction of sp³-hybridized carbons (Fsp3) is 0.267. The fourth-order valence-corrected chi connectivity index (χ4v) is 4.15. The van der Waals surface area contributed by atoms with Gasteiger partial charge >= 0.3 is 16.2 Å². The third-order valence-corrected chi connectivity index (χ3v) is 6.20. The number of nitrogens with zero attached hydrogens (tertiary/aromatic N) is 2. The number of aromatic nitrogens is 1. The van der Waals surface area contributed by atoms with Gasteiger partial charge in [0.1, 0.15) is 5.75 Å². The van der Waals surface area contributed by atoms with Crippen molar-refractivity contribution in [2.75, 3.05) is 28.3 Å². The number of carbonyl (C=O) groups excluding carboxylic acids is 1. The molecule has 0 bridgehead atoms. The van der Waals surface area contributed by atoms with Crippen LogP contribution in [0.25, 0.3) is 11.1 Å². The Kier molecular flexibility index (Phi) is 5.56. The third-order valence-electron chi connectivity index (χ3n) is 3.40. The van der Waals surface area contributed by atoms with Gasteiger partial charge in [-0.05, 0) is 40.3 Å². The Morgan fingerprint density at radius 1 is 1.17 bits per heavy atom. The van der Waals surface area contributed by atoms with Gasteiger partial charge in [0.25, 0.3) is 0 Å². The Labute approximate surface area is 154 Å². The molecule has 0 saturated carbocycles. The van der Waals surface area contributed by atoms with E-state index in [9.17, 15) is 13.2 Å². The molecule has 0 aliphatic rings. The molecule has 2 rings (SSSR count). The zero-order valence-corrected chi connectivity index (χ0v) is 16.6. The molecule has 0 radical (unpaired) electrons. The Morgan fingerprint density at radius 2 is 1.75 bits per heavy atom. The predicted molar refractivity (Wildman–Crippen MR) is 98.5 cm³/mol. The second kappa shape index (κ2) is 7.11. The molecule has 130 valence electrons. The predicted octanol–water partition coefficient (Wildman–Crippen LogP) is 2.21. The molecule has 1 aromatic heterocycles.